The van der Waals surface area contributed by atoms with Crippen LogP contribution in [0.1, 0.15) is 35.3 Å². The second-order valence-electron chi connectivity index (χ2n) is 8.91. The molecule has 2 aliphatic heterocycles. The average molecular weight is 508 g/mol. The standard InChI is InChI=1S/C27H29N3O7/c1-33-20-5-2-4-19(13-20)24-14-22(29-37-24)27(32)30(16-21-6-3-11-34-21)10-9-26(31)28-15-18-7-8-23-25(12-18)36-17-35-23/h2,4-5,7-8,12-14,21H,3,6,9-11,15-17H2,1H3,(H,28,31)/t21-/m1/s1. The lowest BCUT2D eigenvalue weighted by molar-refractivity contribution is -0.121. The summed E-state index contributed by atoms with van der Waals surface area (Å²) in [5.41, 5.74) is 1.83. The van der Waals surface area contributed by atoms with E-state index in [1.165, 1.54) is 0 Å². The van der Waals surface area contributed by atoms with Crippen molar-refractivity contribution >= 4 is 11.8 Å². The molecule has 1 atom stereocenters. The van der Waals surface area contributed by atoms with Crippen molar-refractivity contribution in [1.82, 2.24) is 15.4 Å². The van der Waals surface area contributed by atoms with Gasteiger partial charge in [0.05, 0.1) is 13.2 Å². The van der Waals surface area contributed by atoms with Crippen LogP contribution in [0.2, 0.25) is 0 Å². The molecule has 5 rings (SSSR count). The van der Waals surface area contributed by atoms with E-state index < -0.39 is 0 Å². The molecule has 0 unspecified atom stereocenters. The molecule has 0 saturated carbocycles. The minimum atomic E-state index is -0.308. The van der Waals surface area contributed by atoms with Crippen LogP contribution in [0.4, 0.5) is 0 Å². The van der Waals surface area contributed by atoms with E-state index >= 15 is 0 Å². The highest BCUT2D eigenvalue weighted by Gasteiger charge is 2.26. The highest BCUT2D eigenvalue weighted by atomic mass is 16.7. The van der Waals surface area contributed by atoms with Crippen molar-refractivity contribution in [1.29, 1.82) is 0 Å². The predicted octanol–water partition coefficient (Wildman–Crippen LogP) is 3.41. The maximum Gasteiger partial charge on any atom is 0.276 e. The Hall–Kier alpha value is -4.05. The summed E-state index contributed by atoms with van der Waals surface area (Å²) in [6, 6.07) is 14.5. The number of rotatable bonds is 10. The topological polar surface area (TPSA) is 112 Å². The van der Waals surface area contributed by atoms with Crippen LogP contribution < -0.4 is 19.5 Å². The van der Waals surface area contributed by atoms with Crippen LogP contribution in [0.15, 0.2) is 53.1 Å². The Morgan fingerprint density at radius 2 is 2.03 bits per heavy atom. The Balaban J connectivity index is 1.21. The van der Waals surface area contributed by atoms with Gasteiger partial charge in [0, 0.05) is 44.3 Å². The minimum absolute atomic E-state index is 0.0644. The van der Waals surface area contributed by atoms with Crippen molar-refractivity contribution in [3.63, 3.8) is 0 Å². The highest BCUT2D eigenvalue weighted by Crippen LogP contribution is 2.32. The monoisotopic (exact) mass is 507 g/mol. The van der Waals surface area contributed by atoms with Gasteiger partial charge in [0.2, 0.25) is 12.7 Å². The van der Waals surface area contributed by atoms with E-state index in [4.69, 9.17) is 23.5 Å². The molecule has 0 bridgehead atoms. The van der Waals surface area contributed by atoms with Crippen LogP contribution in [0.5, 0.6) is 17.2 Å². The first-order chi connectivity index (χ1) is 18.1. The van der Waals surface area contributed by atoms with E-state index in [1.54, 1.807) is 18.1 Å². The molecule has 0 aliphatic carbocycles. The van der Waals surface area contributed by atoms with Crippen molar-refractivity contribution < 1.29 is 33.1 Å². The van der Waals surface area contributed by atoms with Crippen molar-refractivity contribution in [2.75, 3.05) is 33.6 Å². The number of amides is 2. The Morgan fingerprint density at radius 3 is 2.86 bits per heavy atom. The lowest BCUT2D eigenvalue weighted by atomic mass is 10.1. The number of benzene rings is 2. The second kappa shape index (κ2) is 11.3. The molecule has 37 heavy (non-hydrogen) atoms. The van der Waals surface area contributed by atoms with Gasteiger partial charge < -0.3 is 33.7 Å². The third-order valence-electron chi connectivity index (χ3n) is 6.35. The molecule has 1 saturated heterocycles. The molecule has 2 aromatic carbocycles. The summed E-state index contributed by atoms with van der Waals surface area (Å²) >= 11 is 0. The Labute approximate surface area is 214 Å². The normalized spacial score (nSPS) is 16.0. The molecule has 1 aromatic heterocycles. The van der Waals surface area contributed by atoms with Crippen LogP contribution in [0.25, 0.3) is 11.3 Å². The summed E-state index contributed by atoms with van der Waals surface area (Å²) < 4.78 is 27.2. The first-order valence-corrected chi connectivity index (χ1v) is 12.3. The summed E-state index contributed by atoms with van der Waals surface area (Å²) in [7, 11) is 1.59. The molecular weight excluding hydrogens is 478 g/mol. The van der Waals surface area contributed by atoms with Gasteiger partial charge in [0.15, 0.2) is 23.0 Å². The zero-order valence-corrected chi connectivity index (χ0v) is 20.6. The number of aromatic nitrogens is 1. The van der Waals surface area contributed by atoms with Gasteiger partial charge in [-0.3, -0.25) is 9.59 Å². The second-order valence-corrected chi connectivity index (χ2v) is 8.91. The Bertz CT molecular complexity index is 1250. The maximum absolute atomic E-state index is 13.4. The van der Waals surface area contributed by atoms with Gasteiger partial charge in [-0.15, -0.1) is 0 Å². The fourth-order valence-corrected chi connectivity index (χ4v) is 4.34. The van der Waals surface area contributed by atoms with Gasteiger partial charge in [-0.25, -0.2) is 0 Å². The molecule has 10 nitrogen and oxygen atoms in total. The van der Waals surface area contributed by atoms with Gasteiger partial charge in [-0.2, -0.15) is 0 Å². The zero-order chi connectivity index (χ0) is 25.6. The molecule has 2 aliphatic rings. The molecule has 3 aromatic rings. The Kier molecular flexibility index (Phi) is 7.55. The average Bonchev–Trinajstić information content (AvgIpc) is 3.71. The van der Waals surface area contributed by atoms with E-state index in [0.29, 0.717) is 42.7 Å². The van der Waals surface area contributed by atoms with Crippen LogP contribution >= 0.6 is 0 Å². The van der Waals surface area contributed by atoms with Crippen LogP contribution in [-0.4, -0.2) is 61.6 Å². The Morgan fingerprint density at radius 1 is 1.14 bits per heavy atom. The first kappa shape index (κ1) is 24.6. The number of hydrogen-bond donors (Lipinski definition) is 1. The van der Waals surface area contributed by atoms with Gasteiger partial charge in [0.25, 0.3) is 5.91 Å². The minimum Gasteiger partial charge on any atom is -0.497 e. The van der Waals surface area contributed by atoms with Crippen molar-refractivity contribution in [3.05, 3.63) is 59.8 Å². The van der Waals surface area contributed by atoms with Gasteiger partial charge in [-0.05, 0) is 42.7 Å². The number of carbonyl (C=O) groups excluding carboxylic acids is 2. The van der Waals surface area contributed by atoms with Crippen molar-refractivity contribution in [2.24, 2.45) is 0 Å². The fraction of sp³-hybridized carbons (Fsp3) is 0.370. The van der Waals surface area contributed by atoms with Crippen LogP contribution in [-0.2, 0) is 16.1 Å². The molecule has 1 fully saturated rings. The number of hydrogen-bond acceptors (Lipinski definition) is 8. The van der Waals surface area contributed by atoms with Crippen LogP contribution in [0, 0.1) is 0 Å². The predicted molar refractivity (Wildman–Crippen MR) is 132 cm³/mol. The molecule has 194 valence electrons. The van der Waals surface area contributed by atoms with E-state index in [2.05, 4.69) is 10.5 Å². The zero-order valence-electron chi connectivity index (χ0n) is 20.6. The summed E-state index contributed by atoms with van der Waals surface area (Å²) in [4.78, 5) is 27.6. The lowest BCUT2D eigenvalue weighted by Crippen LogP contribution is -2.40. The van der Waals surface area contributed by atoms with Gasteiger partial charge in [-0.1, -0.05) is 23.4 Å². The number of methoxy groups -OCH3 is 1. The van der Waals surface area contributed by atoms with E-state index in [1.807, 2.05) is 42.5 Å². The first-order valence-electron chi connectivity index (χ1n) is 12.3. The summed E-state index contributed by atoms with van der Waals surface area (Å²) in [6.07, 6.45) is 1.90. The molecule has 3 heterocycles. The number of ether oxygens (including phenoxy) is 4. The number of nitrogens with one attached hydrogen (secondary N) is 1. The molecule has 1 N–H and O–H groups in total. The van der Waals surface area contributed by atoms with E-state index in [-0.39, 0.29) is 43.4 Å². The van der Waals surface area contributed by atoms with Crippen molar-refractivity contribution in [3.8, 4) is 28.6 Å². The van der Waals surface area contributed by atoms with E-state index in [9.17, 15) is 9.59 Å². The van der Waals surface area contributed by atoms with E-state index in [0.717, 1.165) is 24.0 Å². The number of fused-ring (bicyclic) bond motifs is 1. The molecule has 0 spiro atoms. The van der Waals surface area contributed by atoms with Gasteiger partial charge >= 0.3 is 0 Å². The number of nitrogens with zero attached hydrogens (tertiary/aromatic N) is 2. The number of carbonyl (C=O) groups is 2. The quantitative estimate of drug-likeness (QED) is 0.444. The molecule has 0 radical (unpaired) electrons. The van der Waals surface area contributed by atoms with Gasteiger partial charge in [0.1, 0.15) is 5.75 Å². The summed E-state index contributed by atoms with van der Waals surface area (Å²) in [5.74, 6) is 2.02. The third-order valence-corrected chi connectivity index (χ3v) is 6.35. The SMILES string of the molecule is COc1cccc(-c2cc(C(=O)N(CCC(=O)NCc3ccc4c(c3)OCO4)C[C@H]3CCCO3)no2)c1. The van der Waals surface area contributed by atoms with Crippen LogP contribution in [0.3, 0.4) is 0 Å². The third kappa shape index (κ3) is 6.03. The molecule has 2 amide bonds. The highest BCUT2D eigenvalue weighted by molar-refractivity contribution is 5.93. The fourth-order valence-electron chi connectivity index (χ4n) is 4.34. The van der Waals surface area contributed by atoms with Crippen molar-refractivity contribution in [2.45, 2.75) is 31.9 Å². The summed E-state index contributed by atoms with van der Waals surface area (Å²) in [6.45, 7) is 1.84. The lowest BCUT2D eigenvalue weighted by Gasteiger charge is -2.24. The maximum atomic E-state index is 13.4. The molecular formula is C27H29N3O7. The smallest absolute Gasteiger partial charge is 0.276 e. The largest absolute Gasteiger partial charge is 0.497 e. The molecule has 10 heteroatoms. The summed E-state index contributed by atoms with van der Waals surface area (Å²) in [5, 5.41) is 6.91.